The topological polar surface area (TPSA) is 55.9 Å². The molecule has 5 nitrogen and oxygen atoms in total. The third-order valence-corrected chi connectivity index (χ3v) is 14.9. The number of imidazole rings is 1. The van der Waals surface area contributed by atoms with Crippen LogP contribution in [-0.2, 0) is 27.1 Å². The van der Waals surface area contributed by atoms with Crippen molar-refractivity contribution in [1.29, 1.82) is 0 Å². The highest BCUT2D eigenvalue weighted by atomic mass is 19.1. The number of fused-ring (bicyclic) bond motifs is 4. The summed E-state index contributed by atoms with van der Waals surface area (Å²) in [6.07, 6.45) is 1.93. The van der Waals surface area contributed by atoms with Crippen LogP contribution in [0.3, 0.4) is 0 Å². The van der Waals surface area contributed by atoms with E-state index >= 15 is 0 Å². The fourth-order valence-corrected chi connectivity index (χ4v) is 10.2. The van der Waals surface area contributed by atoms with Gasteiger partial charge in [0.25, 0.3) is 0 Å². The van der Waals surface area contributed by atoms with Crippen LogP contribution in [0.25, 0.3) is 89.1 Å². The van der Waals surface area contributed by atoms with E-state index in [-0.39, 0.29) is 32.8 Å². The molecule has 0 aliphatic carbocycles. The number of para-hydroxylation sites is 2. The smallest absolute Gasteiger partial charge is 0.149 e. The first-order valence-corrected chi connectivity index (χ1v) is 26.1. The lowest BCUT2D eigenvalue weighted by atomic mass is 9.80. The molecule has 0 aliphatic rings. The molecule has 0 aliphatic heterocycles. The number of benzene rings is 7. The molecular formula is C68H71FN4O. The number of halogens is 1. The fraction of sp³-hybridized carbons (Fsp3) is 0.294. The predicted octanol–water partition coefficient (Wildman–Crippen LogP) is 18.5. The molecule has 0 amide bonds. The van der Waals surface area contributed by atoms with Gasteiger partial charge in [-0.3, -0.25) is 9.55 Å². The summed E-state index contributed by atoms with van der Waals surface area (Å²) in [6, 6.07) is 51.2. The van der Waals surface area contributed by atoms with E-state index in [1.54, 1.807) is 6.07 Å². The minimum atomic E-state index is -0.510. The Morgan fingerprint density at radius 3 is 1.53 bits per heavy atom. The normalized spacial score (nSPS) is 12.9. The summed E-state index contributed by atoms with van der Waals surface area (Å²) in [7, 11) is 0. The highest BCUT2D eigenvalue weighted by Crippen LogP contribution is 2.43. The number of rotatable bonds is 6. The van der Waals surface area contributed by atoms with Gasteiger partial charge in [0.1, 0.15) is 17.4 Å². The molecule has 74 heavy (non-hydrogen) atoms. The Hall–Kier alpha value is -7.31. The number of aromatic hydroxyl groups is 1. The first kappa shape index (κ1) is 50.2. The van der Waals surface area contributed by atoms with Gasteiger partial charge in [-0.2, -0.15) is 0 Å². The molecule has 3 heterocycles. The molecule has 0 spiro atoms. The van der Waals surface area contributed by atoms with Gasteiger partial charge in [-0.25, -0.2) is 9.37 Å². The molecular weight excluding hydrogens is 908 g/mol. The number of aromatic nitrogens is 4. The standard InChI is InChI=1S/C68H71FN4O/c1-64(2,3)45-30-43(53-20-18-22-59-62(53)71-63(56-26-24-50(69)40-61(56)74)73(59)52-38-48(67(10,11)12)35-49(39-52)68(13,14)15)29-44(31-45)57-32-42(27-28-70-57)41-23-25-55-54-19-16-17-21-58(54)72(60(55)33-41)51-36-46(65(4,5)6)34-47(37-51)66(7,8)9/h16-40,74H,1-15H3. The molecule has 0 saturated carbocycles. The third-order valence-electron chi connectivity index (χ3n) is 14.9. The lowest BCUT2D eigenvalue weighted by Crippen LogP contribution is -2.17. The SMILES string of the molecule is CC(C)(C)c1cc(-c2cc(-c3ccc4c5ccccc5n(-c5cc(C(C)(C)C)cc(C(C)(C)C)c5)c4c3)ccn2)cc(-c2cccc3c2nc(-c2ccc(F)cc2O)n3-c2cc(C(C)(C)C)cc(C(C)(C)C)c2)c1. The van der Waals surface area contributed by atoms with Crippen LogP contribution in [-0.4, -0.2) is 24.2 Å². The molecule has 7 aromatic carbocycles. The molecule has 376 valence electrons. The zero-order valence-electron chi connectivity index (χ0n) is 46.0. The van der Waals surface area contributed by atoms with E-state index in [1.165, 1.54) is 56.4 Å². The first-order valence-electron chi connectivity index (χ1n) is 26.1. The van der Waals surface area contributed by atoms with Crippen LogP contribution < -0.4 is 0 Å². The number of phenolic OH excluding ortho intramolecular Hbond substituents is 1. The first-order chi connectivity index (χ1) is 34.6. The minimum Gasteiger partial charge on any atom is -0.507 e. The van der Waals surface area contributed by atoms with E-state index in [0.29, 0.717) is 11.4 Å². The van der Waals surface area contributed by atoms with Crippen LogP contribution in [0.4, 0.5) is 4.39 Å². The van der Waals surface area contributed by atoms with E-state index in [1.807, 2.05) is 6.20 Å². The Kier molecular flexibility index (Phi) is 12.0. The zero-order valence-corrected chi connectivity index (χ0v) is 46.0. The largest absolute Gasteiger partial charge is 0.507 e. The van der Waals surface area contributed by atoms with Crippen molar-refractivity contribution in [2.45, 2.75) is 131 Å². The van der Waals surface area contributed by atoms with E-state index in [0.717, 1.165) is 61.3 Å². The Balaban J connectivity index is 1.15. The second-order valence-corrected chi connectivity index (χ2v) is 25.7. The molecule has 3 aromatic heterocycles. The van der Waals surface area contributed by atoms with Gasteiger partial charge in [0.15, 0.2) is 0 Å². The highest BCUT2D eigenvalue weighted by molar-refractivity contribution is 6.10. The van der Waals surface area contributed by atoms with Crippen molar-refractivity contribution in [2.24, 2.45) is 0 Å². The van der Waals surface area contributed by atoms with E-state index < -0.39 is 5.82 Å². The maximum atomic E-state index is 14.7. The van der Waals surface area contributed by atoms with Gasteiger partial charge in [-0.05, 0) is 150 Å². The maximum Gasteiger partial charge on any atom is 0.149 e. The van der Waals surface area contributed by atoms with Gasteiger partial charge in [-0.1, -0.05) is 165 Å². The van der Waals surface area contributed by atoms with Gasteiger partial charge in [0.05, 0.1) is 33.3 Å². The second-order valence-electron chi connectivity index (χ2n) is 25.7. The van der Waals surface area contributed by atoms with E-state index in [4.69, 9.17) is 9.97 Å². The van der Waals surface area contributed by atoms with Crippen LogP contribution in [0, 0.1) is 5.82 Å². The quantitative estimate of drug-likeness (QED) is 0.181. The van der Waals surface area contributed by atoms with Crippen molar-refractivity contribution in [3.63, 3.8) is 0 Å². The van der Waals surface area contributed by atoms with Crippen molar-refractivity contribution in [3.05, 3.63) is 185 Å². The summed E-state index contributed by atoms with van der Waals surface area (Å²) in [6.45, 7) is 33.9. The highest BCUT2D eigenvalue weighted by Gasteiger charge is 2.27. The molecule has 0 fully saturated rings. The number of hydrogen-bond donors (Lipinski definition) is 1. The lowest BCUT2D eigenvalue weighted by Gasteiger charge is -2.27. The molecule has 1 N–H and O–H groups in total. The van der Waals surface area contributed by atoms with Gasteiger partial charge in [0.2, 0.25) is 0 Å². The average Bonchev–Trinajstić information content (AvgIpc) is 3.88. The van der Waals surface area contributed by atoms with Crippen LogP contribution in [0.5, 0.6) is 5.75 Å². The molecule has 10 aromatic rings. The molecule has 0 radical (unpaired) electrons. The molecule has 6 heteroatoms. The molecule has 0 bridgehead atoms. The van der Waals surface area contributed by atoms with E-state index in [2.05, 4.69) is 240 Å². The second kappa shape index (κ2) is 17.7. The summed E-state index contributed by atoms with van der Waals surface area (Å²) < 4.78 is 19.2. The van der Waals surface area contributed by atoms with E-state index in [9.17, 15) is 9.50 Å². The van der Waals surface area contributed by atoms with Crippen molar-refractivity contribution in [1.82, 2.24) is 19.1 Å². The van der Waals surface area contributed by atoms with Gasteiger partial charge in [-0.15, -0.1) is 0 Å². The average molecular weight is 979 g/mol. The number of nitrogens with zero attached hydrogens (tertiary/aromatic N) is 4. The Morgan fingerprint density at radius 2 is 0.932 bits per heavy atom. The van der Waals surface area contributed by atoms with Crippen LogP contribution in [0.2, 0.25) is 0 Å². The van der Waals surface area contributed by atoms with Gasteiger partial charge >= 0.3 is 0 Å². The maximum absolute atomic E-state index is 14.7. The number of phenols is 1. The summed E-state index contributed by atoms with van der Waals surface area (Å²) >= 11 is 0. The van der Waals surface area contributed by atoms with Gasteiger partial charge in [0, 0.05) is 45.5 Å². The molecule has 0 unspecified atom stereocenters. The predicted molar refractivity (Wildman–Crippen MR) is 310 cm³/mol. The Morgan fingerprint density at radius 1 is 0.405 bits per heavy atom. The summed E-state index contributed by atoms with van der Waals surface area (Å²) in [4.78, 5) is 10.5. The monoisotopic (exact) mass is 979 g/mol. The Bertz CT molecular complexity index is 3770. The summed E-state index contributed by atoms with van der Waals surface area (Å²) in [5, 5.41) is 13.9. The zero-order chi connectivity index (χ0) is 53.0. The van der Waals surface area contributed by atoms with Crippen LogP contribution in [0.1, 0.15) is 132 Å². The molecule has 0 saturated heterocycles. The third kappa shape index (κ3) is 9.33. The van der Waals surface area contributed by atoms with Crippen molar-refractivity contribution in [2.75, 3.05) is 0 Å². The van der Waals surface area contributed by atoms with Crippen molar-refractivity contribution in [3.8, 4) is 62.0 Å². The van der Waals surface area contributed by atoms with Crippen molar-refractivity contribution >= 4 is 32.8 Å². The van der Waals surface area contributed by atoms with Crippen LogP contribution in [0.15, 0.2) is 152 Å². The summed E-state index contributed by atoms with van der Waals surface area (Å²) in [5.41, 5.74) is 18.1. The molecule has 0 atom stereocenters. The number of pyridine rings is 1. The number of hydrogen-bond acceptors (Lipinski definition) is 3. The summed E-state index contributed by atoms with van der Waals surface area (Å²) in [5.74, 6) is -0.145. The fourth-order valence-electron chi connectivity index (χ4n) is 10.2. The van der Waals surface area contributed by atoms with Gasteiger partial charge < -0.3 is 9.67 Å². The lowest BCUT2D eigenvalue weighted by molar-refractivity contribution is 0.470. The molecule has 10 rings (SSSR count). The Labute approximate surface area is 437 Å². The van der Waals surface area contributed by atoms with Crippen LogP contribution >= 0.6 is 0 Å². The van der Waals surface area contributed by atoms with Crippen molar-refractivity contribution < 1.29 is 9.50 Å². The minimum absolute atomic E-state index is 0.0301.